The topological polar surface area (TPSA) is 79.0 Å². The number of anilines is 1. The lowest BCUT2D eigenvalue weighted by Crippen LogP contribution is -2.50. The highest BCUT2D eigenvalue weighted by molar-refractivity contribution is 7.92. The van der Waals surface area contributed by atoms with Crippen LogP contribution in [0.2, 0.25) is 0 Å². The molecule has 0 aliphatic carbocycles. The molecule has 1 amide bonds. The summed E-state index contributed by atoms with van der Waals surface area (Å²) in [5, 5.41) is 2.90. The minimum absolute atomic E-state index is 0.00615. The van der Waals surface area contributed by atoms with Crippen molar-refractivity contribution in [2.45, 2.75) is 38.2 Å². The SMILES string of the molecule is CS(=O)(=O)N1C[C@H](C(=O)NCCCN2CCCCCC2)Oc2ccccc21. The number of hydrogen-bond donors (Lipinski definition) is 1. The van der Waals surface area contributed by atoms with Crippen LogP contribution in [-0.2, 0) is 14.8 Å². The summed E-state index contributed by atoms with van der Waals surface area (Å²) in [5.41, 5.74) is 0.477. The molecule has 2 aliphatic heterocycles. The summed E-state index contributed by atoms with van der Waals surface area (Å²) in [6.07, 6.45) is 6.31. The van der Waals surface area contributed by atoms with Crippen molar-refractivity contribution in [1.82, 2.24) is 10.2 Å². The van der Waals surface area contributed by atoms with E-state index in [2.05, 4.69) is 10.2 Å². The molecule has 150 valence electrons. The molecule has 3 rings (SSSR count). The molecule has 0 unspecified atom stereocenters. The van der Waals surface area contributed by atoms with Crippen LogP contribution < -0.4 is 14.4 Å². The molecular formula is C19H29N3O4S. The van der Waals surface area contributed by atoms with E-state index >= 15 is 0 Å². The molecule has 1 aromatic rings. The second-order valence-corrected chi connectivity index (χ2v) is 9.18. The van der Waals surface area contributed by atoms with Gasteiger partial charge in [0.05, 0.1) is 18.5 Å². The molecule has 7 nitrogen and oxygen atoms in total. The quantitative estimate of drug-likeness (QED) is 0.740. The van der Waals surface area contributed by atoms with Gasteiger partial charge < -0.3 is 15.0 Å². The van der Waals surface area contributed by atoms with Gasteiger partial charge in [0.2, 0.25) is 10.0 Å². The molecule has 0 aromatic heterocycles. The molecular weight excluding hydrogens is 366 g/mol. The number of fused-ring (bicyclic) bond motifs is 1. The number of ether oxygens (including phenoxy) is 1. The third-order valence-electron chi connectivity index (χ3n) is 5.08. The average molecular weight is 396 g/mol. The summed E-state index contributed by atoms with van der Waals surface area (Å²) < 4.78 is 31.2. The van der Waals surface area contributed by atoms with Crippen molar-refractivity contribution < 1.29 is 17.9 Å². The van der Waals surface area contributed by atoms with Crippen molar-refractivity contribution in [2.24, 2.45) is 0 Å². The van der Waals surface area contributed by atoms with Crippen LogP contribution in [0.1, 0.15) is 32.1 Å². The number of hydrogen-bond acceptors (Lipinski definition) is 5. The fourth-order valence-corrected chi connectivity index (χ4v) is 4.56. The van der Waals surface area contributed by atoms with E-state index < -0.39 is 16.1 Å². The van der Waals surface area contributed by atoms with Gasteiger partial charge in [0.15, 0.2) is 6.10 Å². The molecule has 2 heterocycles. The van der Waals surface area contributed by atoms with E-state index in [4.69, 9.17) is 4.74 Å². The Morgan fingerprint density at radius 2 is 1.89 bits per heavy atom. The lowest BCUT2D eigenvalue weighted by molar-refractivity contribution is -0.127. The number of sulfonamides is 1. The first kappa shape index (κ1) is 19.9. The number of benzene rings is 1. The third kappa shape index (κ3) is 5.35. The van der Waals surface area contributed by atoms with Crippen LogP contribution in [-0.4, -0.2) is 64.3 Å². The molecule has 0 bridgehead atoms. The summed E-state index contributed by atoms with van der Waals surface area (Å²) in [5.74, 6) is 0.146. The number of carbonyl (C=O) groups is 1. The summed E-state index contributed by atoms with van der Waals surface area (Å²) in [6, 6.07) is 6.89. The minimum atomic E-state index is -3.48. The first-order chi connectivity index (χ1) is 12.9. The highest BCUT2D eigenvalue weighted by atomic mass is 32.2. The Bertz CT molecular complexity index is 745. The Morgan fingerprint density at radius 1 is 1.19 bits per heavy atom. The van der Waals surface area contributed by atoms with Gasteiger partial charge in [-0.05, 0) is 51.0 Å². The van der Waals surface area contributed by atoms with Crippen LogP contribution in [0.15, 0.2) is 24.3 Å². The van der Waals surface area contributed by atoms with Gasteiger partial charge in [-0.2, -0.15) is 0 Å². The van der Waals surface area contributed by atoms with Crippen LogP contribution in [0.4, 0.5) is 5.69 Å². The Balaban J connectivity index is 1.53. The number of amides is 1. The van der Waals surface area contributed by atoms with E-state index in [0.717, 1.165) is 32.3 Å². The number of rotatable bonds is 6. The van der Waals surface area contributed by atoms with Crippen LogP contribution in [0.3, 0.4) is 0 Å². The van der Waals surface area contributed by atoms with Crippen molar-refractivity contribution in [2.75, 3.05) is 43.3 Å². The predicted molar refractivity (Wildman–Crippen MR) is 106 cm³/mol. The van der Waals surface area contributed by atoms with Gasteiger partial charge in [-0.3, -0.25) is 9.10 Å². The van der Waals surface area contributed by atoms with E-state index in [1.165, 1.54) is 30.0 Å². The minimum Gasteiger partial charge on any atom is -0.476 e. The monoisotopic (exact) mass is 395 g/mol. The highest BCUT2D eigenvalue weighted by Crippen LogP contribution is 2.34. The zero-order chi connectivity index (χ0) is 19.3. The second-order valence-electron chi connectivity index (χ2n) is 7.27. The van der Waals surface area contributed by atoms with Crippen LogP contribution in [0.25, 0.3) is 0 Å². The van der Waals surface area contributed by atoms with Crippen LogP contribution in [0, 0.1) is 0 Å². The molecule has 2 aliphatic rings. The fourth-order valence-electron chi connectivity index (χ4n) is 3.64. The molecule has 1 aromatic carbocycles. The van der Waals surface area contributed by atoms with E-state index in [1.807, 2.05) is 0 Å². The van der Waals surface area contributed by atoms with E-state index in [-0.39, 0.29) is 12.5 Å². The summed E-state index contributed by atoms with van der Waals surface area (Å²) >= 11 is 0. The molecule has 1 fully saturated rings. The van der Waals surface area contributed by atoms with Gasteiger partial charge in [-0.25, -0.2) is 8.42 Å². The highest BCUT2D eigenvalue weighted by Gasteiger charge is 2.34. The Morgan fingerprint density at radius 3 is 2.59 bits per heavy atom. The van der Waals surface area contributed by atoms with Crippen molar-refractivity contribution in [3.05, 3.63) is 24.3 Å². The van der Waals surface area contributed by atoms with Crippen molar-refractivity contribution in [3.8, 4) is 5.75 Å². The molecule has 1 atom stereocenters. The zero-order valence-corrected chi connectivity index (χ0v) is 16.7. The zero-order valence-electron chi connectivity index (χ0n) is 15.9. The van der Waals surface area contributed by atoms with E-state index in [1.54, 1.807) is 24.3 Å². The summed E-state index contributed by atoms with van der Waals surface area (Å²) in [7, 11) is -3.48. The first-order valence-electron chi connectivity index (χ1n) is 9.68. The Kier molecular flexibility index (Phi) is 6.59. The third-order valence-corrected chi connectivity index (χ3v) is 6.22. The van der Waals surface area contributed by atoms with Gasteiger partial charge in [0.1, 0.15) is 5.75 Å². The number of carbonyl (C=O) groups excluding carboxylic acids is 1. The molecule has 8 heteroatoms. The first-order valence-corrected chi connectivity index (χ1v) is 11.5. The molecule has 0 spiro atoms. The molecule has 27 heavy (non-hydrogen) atoms. The maximum absolute atomic E-state index is 12.5. The lowest BCUT2D eigenvalue weighted by atomic mass is 10.2. The smallest absolute Gasteiger partial charge is 0.263 e. The van der Waals surface area contributed by atoms with Gasteiger partial charge in [0.25, 0.3) is 5.91 Å². The predicted octanol–water partition coefficient (Wildman–Crippen LogP) is 1.60. The Hall–Kier alpha value is -1.80. The molecule has 1 saturated heterocycles. The molecule has 0 saturated carbocycles. The number of nitrogens with zero attached hydrogens (tertiary/aromatic N) is 2. The number of para-hydroxylation sites is 2. The molecule has 0 radical (unpaired) electrons. The standard InChI is InChI=1S/C19H29N3O4S/c1-27(24,25)22-15-18(26-17-10-5-4-9-16(17)22)19(23)20-11-8-14-21-12-6-2-3-7-13-21/h4-5,9-10,18H,2-3,6-8,11-15H2,1H3,(H,20,23)/t18-/m1/s1. The second kappa shape index (κ2) is 8.93. The normalized spacial score (nSPS) is 21.1. The summed E-state index contributed by atoms with van der Waals surface area (Å²) in [6.45, 7) is 3.81. The van der Waals surface area contributed by atoms with Crippen molar-refractivity contribution >= 4 is 21.6 Å². The van der Waals surface area contributed by atoms with Gasteiger partial charge in [-0.15, -0.1) is 0 Å². The maximum atomic E-state index is 12.5. The molecule has 1 N–H and O–H groups in total. The van der Waals surface area contributed by atoms with Crippen LogP contribution >= 0.6 is 0 Å². The lowest BCUT2D eigenvalue weighted by Gasteiger charge is -2.33. The maximum Gasteiger partial charge on any atom is 0.263 e. The van der Waals surface area contributed by atoms with Crippen molar-refractivity contribution in [1.29, 1.82) is 0 Å². The fraction of sp³-hybridized carbons (Fsp3) is 0.632. The number of likely N-dealkylation sites (tertiary alicyclic amines) is 1. The Labute approximate surface area is 161 Å². The van der Waals surface area contributed by atoms with E-state index in [0.29, 0.717) is 18.0 Å². The number of nitrogens with one attached hydrogen (secondary N) is 1. The van der Waals surface area contributed by atoms with Crippen molar-refractivity contribution in [3.63, 3.8) is 0 Å². The summed E-state index contributed by atoms with van der Waals surface area (Å²) in [4.78, 5) is 15.0. The van der Waals surface area contributed by atoms with E-state index in [9.17, 15) is 13.2 Å². The average Bonchev–Trinajstić information content (AvgIpc) is 2.92. The van der Waals surface area contributed by atoms with Crippen LogP contribution in [0.5, 0.6) is 5.75 Å². The van der Waals surface area contributed by atoms with Gasteiger partial charge in [0, 0.05) is 6.54 Å². The van der Waals surface area contributed by atoms with Gasteiger partial charge >= 0.3 is 0 Å². The van der Waals surface area contributed by atoms with Gasteiger partial charge in [-0.1, -0.05) is 25.0 Å². The largest absolute Gasteiger partial charge is 0.476 e.